The first-order chi connectivity index (χ1) is 14.7. The van der Waals surface area contributed by atoms with Crippen molar-refractivity contribution in [3.05, 3.63) is 65.1 Å². The maximum atomic E-state index is 13.3. The van der Waals surface area contributed by atoms with E-state index in [0.29, 0.717) is 23.8 Å². The number of carbonyl (C=O) groups excluding carboxylic acids is 1. The summed E-state index contributed by atoms with van der Waals surface area (Å²) < 4.78 is 41.1. The first-order valence-electron chi connectivity index (χ1n) is 9.41. The lowest BCUT2D eigenvalue weighted by molar-refractivity contribution is -0.137. The van der Waals surface area contributed by atoms with Gasteiger partial charge in [0.15, 0.2) is 0 Å². The molecule has 0 unspecified atom stereocenters. The summed E-state index contributed by atoms with van der Waals surface area (Å²) in [6.07, 6.45) is 0.325. The zero-order valence-electron chi connectivity index (χ0n) is 16.8. The lowest BCUT2D eigenvalue weighted by Crippen LogP contribution is -2.41. The zero-order valence-corrected chi connectivity index (χ0v) is 17.5. The molecule has 0 saturated carbocycles. The highest BCUT2D eigenvalue weighted by molar-refractivity contribution is 6.30. The molecule has 164 valence electrons. The average Bonchev–Trinajstić information content (AvgIpc) is 3.28. The molecule has 1 atom stereocenters. The van der Waals surface area contributed by atoms with Crippen molar-refractivity contribution >= 4 is 23.3 Å². The van der Waals surface area contributed by atoms with Crippen LogP contribution in [0.3, 0.4) is 0 Å². The molecule has 2 heterocycles. The summed E-state index contributed by atoms with van der Waals surface area (Å²) in [5.74, 6) is 0.0142. The molecule has 0 bridgehead atoms. The number of alkyl halides is 3. The minimum Gasteiger partial charge on any atom is -0.368 e. The van der Waals surface area contributed by atoms with Gasteiger partial charge in [-0.3, -0.25) is 4.79 Å². The first kappa shape index (κ1) is 22.5. The number of nitrogens with zero attached hydrogens (tertiary/aromatic N) is 5. The Balaban J connectivity index is 1.87. The molecular weight excluding hydrogens is 433 g/mol. The normalized spacial score (nSPS) is 12.5. The molecule has 31 heavy (non-hydrogen) atoms. The van der Waals surface area contributed by atoms with E-state index in [9.17, 15) is 18.0 Å². The summed E-state index contributed by atoms with van der Waals surface area (Å²) in [5, 5.41) is 11.1. The summed E-state index contributed by atoms with van der Waals surface area (Å²) >= 11 is 5.83. The number of carbonyl (C=O) groups is 1. The Kier molecular flexibility index (Phi) is 6.79. The van der Waals surface area contributed by atoms with Crippen molar-refractivity contribution in [2.24, 2.45) is 0 Å². The summed E-state index contributed by atoms with van der Waals surface area (Å²) in [5.41, 5.74) is -0.819. The fourth-order valence-electron chi connectivity index (χ4n) is 3.03. The number of rotatable bonds is 7. The Bertz CT molecular complexity index is 1020. The van der Waals surface area contributed by atoms with E-state index in [1.807, 2.05) is 6.92 Å². The molecule has 1 amide bonds. The molecule has 0 radical (unpaired) electrons. The SMILES string of the molecule is CC[C@@H](CNc1ccc(Cl)cn1)N(C)C(=O)c1cc(C(F)(F)F)ccc1-n1ccnn1. The van der Waals surface area contributed by atoms with Crippen molar-refractivity contribution in [1.82, 2.24) is 24.9 Å². The van der Waals surface area contributed by atoms with Crippen molar-refractivity contribution in [2.45, 2.75) is 25.6 Å². The van der Waals surface area contributed by atoms with Gasteiger partial charge in [-0.1, -0.05) is 23.7 Å². The van der Waals surface area contributed by atoms with Gasteiger partial charge in [0.05, 0.1) is 34.2 Å². The van der Waals surface area contributed by atoms with E-state index < -0.39 is 17.6 Å². The van der Waals surface area contributed by atoms with Crippen molar-refractivity contribution in [2.75, 3.05) is 18.9 Å². The average molecular weight is 453 g/mol. The van der Waals surface area contributed by atoms with E-state index in [0.717, 1.165) is 12.1 Å². The van der Waals surface area contributed by atoms with Gasteiger partial charge in [0.1, 0.15) is 5.82 Å². The van der Waals surface area contributed by atoms with E-state index in [1.54, 1.807) is 19.2 Å². The summed E-state index contributed by atoms with van der Waals surface area (Å²) in [7, 11) is 1.55. The van der Waals surface area contributed by atoms with Crippen LogP contribution in [0.1, 0.15) is 29.3 Å². The number of amides is 1. The fraction of sp³-hybridized carbons (Fsp3) is 0.300. The number of aromatic nitrogens is 4. The van der Waals surface area contributed by atoms with Crippen molar-refractivity contribution in [3.8, 4) is 5.69 Å². The smallest absolute Gasteiger partial charge is 0.368 e. The van der Waals surface area contributed by atoms with Gasteiger partial charge < -0.3 is 10.2 Å². The van der Waals surface area contributed by atoms with E-state index >= 15 is 0 Å². The maximum absolute atomic E-state index is 13.3. The fourth-order valence-corrected chi connectivity index (χ4v) is 3.15. The Morgan fingerprint density at radius 3 is 2.65 bits per heavy atom. The van der Waals surface area contributed by atoms with Gasteiger partial charge in [-0.25, -0.2) is 9.67 Å². The van der Waals surface area contributed by atoms with E-state index in [-0.39, 0.29) is 17.3 Å². The Morgan fingerprint density at radius 1 is 1.29 bits per heavy atom. The van der Waals surface area contributed by atoms with Crippen LogP contribution in [0.2, 0.25) is 5.02 Å². The Labute approximate surface area is 181 Å². The third-order valence-electron chi connectivity index (χ3n) is 4.81. The molecule has 1 N–H and O–H groups in total. The summed E-state index contributed by atoms with van der Waals surface area (Å²) in [4.78, 5) is 18.8. The second-order valence-electron chi connectivity index (χ2n) is 6.80. The van der Waals surface area contributed by atoms with Gasteiger partial charge in [-0.2, -0.15) is 13.2 Å². The number of anilines is 1. The zero-order chi connectivity index (χ0) is 22.6. The van der Waals surface area contributed by atoms with Crippen LogP contribution >= 0.6 is 11.6 Å². The number of nitrogens with one attached hydrogen (secondary N) is 1. The molecule has 0 spiro atoms. The molecule has 0 fully saturated rings. The highest BCUT2D eigenvalue weighted by Gasteiger charge is 2.33. The predicted molar refractivity (Wildman–Crippen MR) is 110 cm³/mol. The molecule has 7 nitrogen and oxygen atoms in total. The molecule has 3 aromatic rings. The van der Waals surface area contributed by atoms with Crippen LogP contribution in [-0.4, -0.2) is 50.4 Å². The molecular formula is C20H20ClF3N6O. The minimum absolute atomic E-state index is 0.120. The second-order valence-corrected chi connectivity index (χ2v) is 7.23. The van der Waals surface area contributed by atoms with Gasteiger partial charge in [-0.05, 0) is 36.8 Å². The van der Waals surface area contributed by atoms with Crippen LogP contribution in [0.15, 0.2) is 48.9 Å². The van der Waals surface area contributed by atoms with Crippen LogP contribution in [0.25, 0.3) is 5.69 Å². The van der Waals surface area contributed by atoms with Crippen molar-refractivity contribution in [3.63, 3.8) is 0 Å². The van der Waals surface area contributed by atoms with Gasteiger partial charge >= 0.3 is 6.18 Å². The minimum atomic E-state index is -4.58. The predicted octanol–water partition coefficient (Wildman–Crippen LogP) is 4.30. The largest absolute Gasteiger partial charge is 0.416 e. The number of benzene rings is 1. The second kappa shape index (κ2) is 9.34. The standard InChI is InChI=1S/C20H20ClF3N6O/c1-3-15(12-26-18-7-5-14(21)11-25-18)29(2)19(31)16-10-13(20(22,23)24)4-6-17(16)30-9-8-27-28-30/h4-11,15H,3,12H2,1-2H3,(H,25,26)/t15-/m0/s1. The van der Waals surface area contributed by atoms with Crippen LogP contribution in [0, 0.1) is 0 Å². The molecule has 0 aliphatic carbocycles. The van der Waals surface area contributed by atoms with Crippen molar-refractivity contribution < 1.29 is 18.0 Å². The van der Waals surface area contributed by atoms with Gasteiger partial charge in [0.2, 0.25) is 0 Å². The molecule has 2 aromatic heterocycles. The van der Waals surface area contributed by atoms with Crippen molar-refractivity contribution in [1.29, 1.82) is 0 Å². The maximum Gasteiger partial charge on any atom is 0.416 e. The summed E-state index contributed by atoms with van der Waals surface area (Å²) in [6.45, 7) is 2.24. The quantitative estimate of drug-likeness (QED) is 0.578. The number of pyridine rings is 1. The Morgan fingerprint density at radius 2 is 2.06 bits per heavy atom. The molecule has 0 saturated heterocycles. The van der Waals surface area contributed by atoms with E-state index in [4.69, 9.17) is 11.6 Å². The molecule has 11 heteroatoms. The third kappa shape index (κ3) is 5.32. The number of hydrogen-bond acceptors (Lipinski definition) is 5. The monoisotopic (exact) mass is 452 g/mol. The molecule has 3 rings (SSSR count). The summed E-state index contributed by atoms with van der Waals surface area (Å²) in [6, 6.07) is 6.06. The van der Waals surface area contributed by atoms with Gasteiger partial charge in [0, 0.05) is 25.8 Å². The van der Waals surface area contributed by atoms with Crippen LogP contribution in [0.4, 0.5) is 19.0 Å². The van der Waals surface area contributed by atoms with E-state index in [1.165, 1.54) is 34.2 Å². The van der Waals surface area contributed by atoms with Gasteiger partial charge in [0.25, 0.3) is 5.91 Å². The topological polar surface area (TPSA) is 75.9 Å². The molecule has 0 aliphatic rings. The Hall–Kier alpha value is -3.14. The number of hydrogen-bond donors (Lipinski definition) is 1. The van der Waals surface area contributed by atoms with Crippen LogP contribution in [0.5, 0.6) is 0 Å². The highest BCUT2D eigenvalue weighted by Crippen LogP contribution is 2.32. The number of likely N-dealkylation sites (N-methyl/N-ethyl adjacent to an activating group) is 1. The van der Waals surface area contributed by atoms with Crippen LogP contribution in [-0.2, 0) is 6.18 Å². The lowest BCUT2D eigenvalue weighted by Gasteiger charge is -2.28. The molecule has 1 aromatic carbocycles. The van der Waals surface area contributed by atoms with E-state index in [2.05, 4.69) is 20.6 Å². The number of halogens is 4. The van der Waals surface area contributed by atoms with Crippen LogP contribution < -0.4 is 5.32 Å². The molecule has 0 aliphatic heterocycles. The first-order valence-corrected chi connectivity index (χ1v) is 9.79. The lowest BCUT2D eigenvalue weighted by atomic mass is 10.1. The van der Waals surface area contributed by atoms with Gasteiger partial charge in [-0.15, -0.1) is 5.10 Å². The third-order valence-corrected chi connectivity index (χ3v) is 5.03. The highest BCUT2D eigenvalue weighted by atomic mass is 35.5.